The number of nitrogens with two attached hydrogens (primary N) is 2. The summed E-state index contributed by atoms with van der Waals surface area (Å²) in [5, 5.41) is 47.5. The van der Waals surface area contributed by atoms with Crippen LogP contribution in [0.5, 0.6) is 11.5 Å². The van der Waals surface area contributed by atoms with Gasteiger partial charge in [0.05, 0.1) is 28.1 Å². The molecule has 0 atom stereocenters. The second kappa shape index (κ2) is 15.1. The van der Waals surface area contributed by atoms with E-state index in [1.807, 2.05) is 44.2 Å². The minimum Gasteiger partial charge on any atom is -0.505 e. The number of phenolic OH excluding ortho intramolecular Hbond substituents is 2. The molecule has 0 radical (unpaired) electrons. The molecule has 0 amide bonds. The lowest BCUT2D eigenvalue weighted by Crippen LogP contribution is -1.99. The number of hydrogen-bond acceptors (Lipinski definition) is 14. The van der Waals surface area contributed by atoms with Gasteiger partial charge in [-0.2, -0.15) is 27.1 Å². The van der Waals surface area contributed by atoms with Crippen molar-refractivity contribution in [3.05, 3.63) is 120 Å². The first-order valence-electron chi connectivity index (χ1n) is 17.1. The molecule has 18 heteroatoms. The molecule has 8 N–H and O–H groups in total. The Morgan fingerprint density at radius 2 is 0.948 bits per heavy atom. The van der Waals surface area contributed by atoms with Gasteiger partial charge in [-0.15, -0.1) is 20.5 Å². The number of nitrogens with zero attached hydrogens (tertiary/aromatic N) is 6. The summed E-state index contributed by atoms with van der Waals surface area (Å²) < 4.78 is 68.6. The van der Waals surface area contributed by atoms with Crippen LogP contribution in [0.2, 0.25) is 0 Å². The van der Waals surface area contributed by atoms with Crippen LogP contribution in [0.15, 0.2) is 150 Å². The van der Waals surface area contributed by atoms with Gasteiger partial charge in [-0.1, -0.05) is 42.5 Å². The summed E-state index contributed by atoms with van der Waals surface area (Å²) in [5.41, 5.74) is 17.2. The summed E-state index contributed by atoms with van der Waals surface area (Å²) in [6, 6.07) is 28.1. The van der Waals surface area contributed by atoms with Gasteiger partial charge in [-0.25, -0.2) is 0 Å². The smallest absolute Gasteiger partial charge is 0.295 e. The molecule has 58 heavy (non-hydrogen) atoms. The Balaban J connectivity index is 1.20. The van der Waals surface area contributed by atoms with Crippen molar-refractivity contribution >= 4 is 87.3 Å². The SMILES string of the molecule is Cc1cc(-c2ccc(N=Nc3ccc4c(S(=O)(=O)O)cc(N=Nc5ccc(S(=O)(=O)O)c6ccccc56)c(O)c4c3O)c(C)c2)ccc1N=Nc1ccc(N)cc1N. The lowest BCUT2D eigenvalue weighted by Gasteiger charge is -2.11. The van der Waals surface area contributed by atoms with Crippen molar-refractivity contribution in [1.82, 2.24) is 0 Å². The summed E-state index contributed by atoms with van der Waals surface area (Å²) >= 11 is 0. The van der Waals surface area contributed by atoms with Crippen molar-refractivity contribution in [2.45, 2.75) is 23.6 Å². The Kier molecular flexibility index (Phi) is 10.2. The van der Waals surface area contributed by atoms with Crippen LogP contribution in [0, 0.1) is 13.8 Å². The second-order valence-electron chi connectivity index (χ2n) is 13.1. The summed E-state index contributed by atoms with van der Waals surface area (Å²) in [6.45, 7) is 3.74. The van der Waals surface area contributed by atoms with E-state index in [9.17, 15) is 36.2 Å². The molecule has 0 aliphatic heterocycles. The standard InChI is InChI=1S/C40H32N8O8S2/c1-21-17-23(7-11-30(21)43-46-33-13-9-25(41)19-29(33)42)24-8-12-31(22(2)18-24)44-47-34-14-10-28-37(58(54,55)56)20-35(40(50)38(28)39(34)49)48-45-32-15-16-36(57(51,52)53)27-6-4-3-5-26(27)32/h3-20,49-50H,41-42H2,1-2H3,(H,51,52,53)(H,54,55,56). The Bertz CT molecular complexity index is 3150. The molecular weight excluding hydrogens is 785 g/mol. The maximum absolute atomic E-state index is 12.5. The highest BCUT2D eigenvalue weighted by molar-refractivity contribution is 7.86. The third-order valence-electron chi connectivity index (χ3n) is 9.16. The van der Waals surface area contributed by atoms with E-state index in [4.69, 9.17) is 11.5 Å². The monoisotopic (exact) mass is 816 g/mol. The van der Waals surface area contributed by atoms with Gasteiger partial charge in [0.25, 0.3) is 20.2 Å². The molecule has 7 rings (SSSR count). The number of anilines is 2. The van der Waals surface area contributed by atoms with Crippen LogP contribution in [-0.2, 0) is 20.2 Å². The average molecular weight is 817 g/mol. The average Bonchev–Trinajstić information content (AvgIpc) is 3.16. The fourth-order valence-corrected chi connectivity index (χ4v) is 7.65. The Morgan fingerprint density at radius 3 is 1.53 bits per heavy atom. The van der Waals surface area contributed by atoms with Crippen LogP contribution in [0.25, 0.3) is 32.7 Å². The zero-order valence-corrected chi connectivity index (χ0v) is 32.1. The van der Waals surface area contributed by atoms with E-state index in [-0.39, 0.29) is 32.4 Å². The number of aromatic hydroxyl groups is 2. The molecule has 0 aliphatic rings. The molecule has 0 unspecified atom stereocenters. The number of aryl methyl sites for hydroxylation is 2. The Hall–Kier alpha value is -7.12. The summed E-state index contributed by atoms with van der Waals surface area (Å²) in [5.74, 6) is -1.36. The van der Waals surface area contributed by atoms with E-state index >= 15 is 0 Å². The molecular formula is C40H32N8O8S2. The molecule has 292 valence electrons. The third-order valence-corrected chi connectivity index (χ3v) is 11.0. The quantitative estimate of drug-likeness (QED) is 0.0455. The predicted molar refractivity (Wildman–Crippen MR) is 220 cm³/mol. The second-order valence-corrected chi connectivity index (χ2v) is 15.9. The first-order valence-corrected chi connectivity index (χ1v) is 20.0. The van der Waals surface area contributed by atoms with Gasteiger partial charge in [0.15, 0.2) is 11.5 Å². The Labute approximate surface area is 331 Å². The minimum atomic E-state index is -4.94. The van der Waals surface area contributed by atoms with E-state index < -0.39 is 47.7 Å². The molecule has 0 saturated carbocycles. The predicted octanol–water partition coefficient (Wildman–Crippen LogP) is 10.6. The molecule has 0 bridgehead atoms. The molecule has 16 nitrogen and oxygen atoms in total. The van der Waals surface area contributed by atoms with Crippen LogP contribution in [-0.4, -0.2) is 36.2 Å². The molecule has 7 aromatic rings. The largest absolute Gasteiger partial charge is 0.505 e. The van der Waals surface area contributed by atoms with Crippen molar-refractivity contribution in [1.29, 1.82) is 0 Å². The number of benzene rings is 7. The summed E-state index contributed by atoms with van der Waals surface area (Å²) in [7, 11) is -9.53. The van der Waals surface area contributed by atoms with Gasteiger partial charge in [-0.3, -0.25) is 9.11 Å². The maximum Gasteiger partial charge on any atom is 0.295 e. The van der Waals surface area contributed by atoms with Gasteiger partial charge in [0, 0.05) is 21.8 Å². The number of hydrogen-bond donors (Lipinski definition) is 6. The lowest BCUT2D eigenvalue weighted by atomic mass is 10.0. The highest BCUT2D eigenvalue weighted by atomic mass is 32.2. The third kappa shape index (κ3) is 7.80. The van der Waals surface area contributed by atoms with Crippen LogP contribution in [0.1, 0.15) is 11.1 Å². The van der Waals surface area contributed by atoms with E-state index in [1.54, 1.807) is 36.4 Å². The van der Waals surface area contributed by atoms with Crippen LogP contribution in [0.4, 0.5) is 45.5 Å². The molecule has 7 aromatic carbocycles. The molecule has 0 aliphatic carbocycles. The minimum absolute atomic E-state index is 0.0964. The molecule has 0 saturated heterocycles. The topological polar surface area (TPSA) is 275 Å². The number of fused-ring (bicyclic) bond motifs is 2. The molecule has 0 aromatic heterocycles. The highest BCUT2D eigenvalue weighted by Gasteiger charge is 2.24. The van der Waals surface area contributed by atoms with Crippen LogP contribution in [0.3, 0.4) is 0 Å². The van der Waals surface area contributed by atoms with Gasteiger partial charge in [0.1, 0.15) is 26.9 Å². The Morgan fingerprint density at radius 1 is 0.466 bits per heavy atom. The van der Waals surface area contributed by atoms with E-state index in [0.717, 1.165) is 34.4 Å². The van der Waals surface area contributed by atoms with Crippen molar-refractivity contribution in [2.75, 3.05) is 11.5 Å². The van der Waals surface area contributed by atoms with E-state index in [1.165, 1.54) is 30.3 Å². The fraction of sp³-hybridized carbons (Fsp3) is 0.0500. The molecule has 0 spiro atoms. The van der Waals surface area contributed by atoms with Crippen molar-refractivity contribution in [3.63, 3.8) is 0 Å². The molecule has 0 heterocycles. The number of rotatable bonds is 9. The lowest BCUT2D eigenvalue weighted by molar-refractivity contribution is 0.464. The summed E-state index contributed by atoms with van der Waals surface area (Å²) in [4.78, 5) is -1.06. The van der Waals surface area contributed by atoms with Gasteiger partial charge in [0.2, 0.25) is 0 Å². The molecule has 0 fully saturated rings. The number of phenols is 2. The number of azo groups is 3. The van der Waals surface area contributed by atoms with Crippen LogP contribution < -0.4 is 11.5 Å². The highest BCUT2D eigenvalue weighted by Crippen LogP contribution is 2.48. The fourth-order valence-electron chi connectivity index (χ4n) is 6.24. The zero-order valence-electron chi connectivity index (χ0n) is 30.5. The van der Waals surface area contributed by atoms with Crippen molar-refractivity contribution < 1.29 is 36.2 Å². The van der Waals surface area contributed by atoms with Crippen molar-refractivity contribution in [3.8, 4) is 22.6 Å². The van der Waals surface area contributed by atoms with Gasteiger partial charge >= 0.3 is 0 Å². The zero-order chi connectivity index (χ0) is 41.5. The van der Waals surface area contributed by atoms with Crippen molar-refractivity contribution in [2.24, 2.45) is 30.7 Å². The van der Waals surface area contributed by atoms with Gasteiger partial charge in [-0.05, 0) is 103 Å². The maximum atomic E-state index is 12.5. The first-order chi connectivity index (χ1) is 27.5. The normalized spacial score (nSPS) is 12.5. The van der Waals surface area contributed by atoms with E-state index in [0.29, 0.717) is 28.4 Å². The van der Waals surface area contributed by atoms with E-state index in [2.05, 4.69) is 30.7 Å². The van der Waals surface area contributed by atoms with Crippen LogP contribution >= 0.6 is 0 Å². The number of nitrogen functional groups attached to an aromatic ring is 2. The first kappa shape index (κ1) is 39.1. The summed E-state index contributed by atoms with van der Waals surface area (Å²) in [6.07, 6.45) is 0. The van der Waals surface area contributed by atoms with Gasteiger partial charge < -0.3 is 21.7 Å².